The van der Waals surface area contributed by atoms with Gasteiger partial charge >= 0.3 is 0 Å². The van der Waals surface area contributed by atoms with Crippen LogP contribution in [0, 0.1) is 0 Å². The monoisotopic (exact) mass is 385 g/mol. The van der Waals surface area contributed by atoms with Gasteiger partial charge < -0.3 is 14.8 Å². The normalized spacial score (nSPS) is 9.95. The van der Waals surface area contributed by atoms with Crippen LogP contribution < -0.4 is 14.8 Å². The van der Waals surface area contributed by atoms with Crippen LogP contribution in [0.15, 0.2) is 46.9 Å². The average molecular weight is 387 g/mol. The third-order valence-corrected chi connectivity index (χ3v) is 3.73. The maximum absolute atomic E-state index is 5.51. The molecule has 0 aliphatic carbocycles. The van der Waals surface area contributed by atoms with Crippen LogP contribution in [0.2, 0.25) is 0 Å². The first-order valence-electron chi connectivity index (χ1n) is 6.97. The van der Waals surface area contributed by atoms with E-state index in [2.05, 4.69) is 45.5 Å². The summed E-state index contributed by atoms with van der Waals surface area (Å²) in [5.74, 6) is 1.77. The highest BCUT2D eigenvalue weighted by Gasteiger charge is 2.02. The van der Waals surface area contributed by atoms with Crippen molar-refractivity contribution in [1.29, 1.82) is 0 Å². The Bertz CT molecular complexity index is 575. The minimum absolute atomic E-state index is 0. The maximum atomic E-state index is 5.51. The second kappa shape index (κ2) is 9.72. The van der Waals surface area contributed by atoms with Crippen molar-refractivity contribution in [3.63, 3.8) is 0 Å². The van der Waals surface area contributed by atoms with Crippen molar-refractivity contribution in [2.45, 2.75) is 20.0 Å². The van der Waals surface area contributed by atoms with Gasteiger partial charge in [0.2, 0.25) is 0 Å². The third-order valence-electron chi connectivity index (χ3n) is 3.11. The van der Waals surface area contributed by atoms with Crippen molar-refractivity contribution in [3.8, 4) is 11.5 Å². The van der Waals surface area contributed by atoms with Crippen molar-refractivity contribution in [2.75, 3.05) is 13.7 Å². The van der Waals surface area contributed by atoms with Crippen LogP contribution in [0.3, 0.4) is 0 Å². The van der Waals surface area contributed by atoms with Gasteiger partial charge in [-0.2, -0.15) is 0 Å². The number of methoxy groups -OCH3 is 1. The van der Waals surface area contributed by atoms with Crippen molar-refractivity contribution in [1.82, 2.24) is 5.32 Å². The van der Waals surface area contributed by atoms with E-state index in [1.807, 2.05) is 25.1 Å². The minimum Gasteiger partial charge on any atom is -0.497 e. The molecular weight excluding hydrogens is 366 g/mol. The molecule has 0 saturated heterocycles. The van der Waals surface area contributed by atoms with Gasteiger partial charge in [0.25, 0.3) is 0 Å². The van der Waals surface area contributed by atoms with E-state index in [0.717, 1.165) is 29.1 Å². The third kappa shape index (κ3) is 5.52. The van der Waals surface area contributed by atoms with Crippen molar-refractivity contribution in [3.05, 3.63) is 58.1 Å². The fourth-order valence-electron chi connectivity index (χ4n) is 2.02. The number of halogens is 2. The average Bonchev–Trinajstić information content (AvgIpc) is 2.51. The predicted octanol–water partition coefficient (Wildman–Crippen LogP) is 4.57. The Morgan fingerprint density at radius 2 is 1.64 bits per heavy atom. The van der Waals surface area contributed by atoms with Crippen LogP contribution in [0.1, 0.15) is 18.1 Å². The molecule has 0 fully saturated rings. The number of benzene rings is 2. The molecule has 0 atom stereocenters. The van der Waals surface area contributed by atoms with Crippen LogP contribution in [0.5, 0.6) is 11.5 Å². The second-order valence-corrected chi connectivity index (χ2v) is 5.50. The number of hydrogen-bond acceptors (Lipinski definition) is 3. The van der Waals surface area contributed by atoms with E-state index < -0.39 is 0 Å². The highest BCUT2D eigenvalue weighted by atomic mass is 79.9. The predicted molar refractivity (Wildman–Crippen MR) is 96.1 cm³/mol. The first-order chi connectivity index (χ1) is 10.2. The van der Waals surface area contributed by atoms with E-state index in [-0.39, 0.29) is 12.4 Å². The Morgan fingerprint density at radius 1 is 1.00 bits per heavy atom. The molecule has 0 aliphatic heterocycles. The summed E-state index contributed by atoms with van der Waals surface area (Å²) in [5, 5.41) is 3.43. The number of ether oxygens (including phenoxy) is 2. The van der Waals surface area contributed by atoms with Crippen molar-refractivity contribution >= 4 is 28.3 Å². The first kappa shape index (κ1) is 18.8. The van der Waals surface area contributed by atoms with Gasteiger partial charge in [0.05, 0.1) is 18.2 Å². The summed E-state index contributed by atoms with van der Waals surface area (Å²) in [7, 11) is 1.68. The lowest BCUT2D eigenvalue weighted by atomic mass is 10.2. The van der Waals surface area contributed by atoms with Gasteiger partial charge in [-0.25, -0.2) is 0 Å². The lowest BCUT2D eigenvalue weighted by Gasteiger charge is -2.09. The molecule has 2 rings (SSSR count). The molecule has 0 radical (unpaired) electrons. The second-order valence-electron chi connectivity index (χ2n) is 4.65. The van der Waals surface area contributed by atoms with E-state index >= 15 is 0 Å². The molecule has 0 amide bonds. The number of nitrogens with one attached hydrogen (secondary N) is 1. The number of rotatable bonds is 7. The fraction of sp³-hybridized carbons (Fsp3) is 0.294. The van der Waals surface area contributed by atoms with E-state index in [1.165, 1.54) is 11.1 Å². The SMILES string of the molecule is CCOc1ccc(CNCc2ccc(OC)cc2)cc1Br.Cl. The smallest absolute Gasteiger partial charge is 0.133 e. The lowest BCUT2D eigenvalue weighted by molar-refractivity contribution is 0.338. The molecule has 120 valence electrons. The zero-order valence-corrected chi connectivity index (χ0v) is 15.2. The molecule has 0 saturated carbocycles. The van der Waals surface area contributed by atoms with Crippen molar-refractivity contribution < 1.29 is 9.47 Å². The Hall–Kier alpha value is -1.23. The van der Waals surface area contributed by atoms with Gasteiger partial charge in [-0.1, -0.05) is 18.2 Å². The Morgan fingerprint density at radius 3 is 2.23 bits per heavy atom. The minimum atomic E-state index is 0. The lowest BCUT2D eigenvalue weighted by Crippen LogP contribution is -2.12. The molecule has 1 N–H and O–H groups in total. The summed E-state index contributed by atoms with van der Waals surface area (Å²) in [4.78, 5) is 0. The Balaban J connectivity index is 0.00000242. The molecule has 22 heavy (non-hydrogen) atoms. The molecule has 0 aliphatic rings. The molecule has 2 aromatic rings. The van der Waals surface area contributed by atoms with E-state index in [9.17, 15) is 0 Å². The van der Waals surface area contributed by atoms with Crippen LogP contribution in [-0.4, -0.2) is 13.7 Å². The largest absolute Gasteiger partial charge is 0.497 e. The van der Waals surface area contributed by atoms with E-state index in [1.54, 1.807) is 7.11 Å². The molecule has 0 spiro atoms. The maximum Gasteiger partial charge on any atom is 0.133 e. The van der Waals surface area contributed by atoms with Crippen LogP contribution in [-0.2, 0) is 13.1 Å². The molecule has 3 nitrogen and oxygen atoms in total. The molecule has 0 bridgehead atoms. The fourth-order valence-corrected chi connectivity index (χ4v) is 2.56. The molecular formula is C17H21BrClNO2. The summed E-state index contributed by atoms with van der Waals surface area (Å²) in [6, 6.07) is 14.3. The van der Waals surface area contributed by atoms with Gasteiger partial charge in [-0.3, -0.25) is 0 Å². The van der Waals surface area contributed by atoms with E-state index in [0.29, 0.717) is 6.61 Å². The topological polar surface area (TPSA) is 30.5 Å². The van der Waals surface area contributed by atoms with Crippen LogP contribution in [0.4, 0.5) is 0 Å². The molecule has 5 heteroatoms. The highest BCUT2D eigenvalue weighted by molar-refractivity contribution is 9.10. The quantitative estimate of drug-likeness (QED) is 0.756. The van der Waals surface area contributed by atoms with E-state index in [4.69, 9.17) is 9.47 Å². The van der Waals surface area contributed by atoms with Gasteiger partial charge in [0.1, 0.15) is 11.5 Å². The Labute approximate surface area is 146 Å². The van der Waals surface area contributed by atoms with Gasteiger partial charge in [0.15, 0.2) is 0 Å². The summed E-state index contributed by atoms with van der Waals surface area (Å²) in [5.41, 5.74) is 2.46. The summed E-state index contributed by atoms with van der Waals surface area (Å²) in [6.07, 6.45) is 0. The zero-order chi connectivity index (χ0) is 15.1. The molecule has 2 aromatic carbocycles. The van der Waals surface area contributed by atoms with Gasteiger partial charge in [-0.05, 0) is 58.2 Å². The van der Waals surface area contributed by atoms with Crippen LogP contribution in [0.25, 0.3) is 0 Å². The molecule has 0 aromatic heterocycles. The molecule has 0 unspecified atom stereocenters. The molecule has 0 heterocycles. The Kier molecular flexibility index (Phi) is 8.31. The summed E-state index contributed by atoms with van der Waals surface area (Å²) >= 11 is 3.53. The van der Waals surface area contributed by atoms with Gasteiger partial charge in [-0.15, -0.1) is 12.4 Å². The first-order valence-corrected chi connectivity index (χ1v) is 7.77. The van der Waals surface area contributed by atoms with Crippen molar-refractivity contribution in [2.24, 2.45) is 0 Å². The highest BCUT2D eigenvalue weighted by Crippen LogP contribution is 2.26. The van der Waals surface area contributed by atoms with Crippen LogP contribution >= 0.6 is 28.3 Å². The standard InChI is InChI=1S/C17H20BrNO2.ClH/c1-3-21-17-9-6-14(10-16(17)18)12-19-11-13-4-7-15(20-2)8-5-13;/h4-10,19H,3,11-12H2,1-2H3;1H. The zero-order valence-electron chi connectivity index (χ0n) is 12.8. The number of hydrogen-bond donors (Lipinski definition) is 1. The van der Waals surface area contributed by atoms with Gasteiger partial charge in [0, 0.05) is 13.1 Å². The summed E-state index contributed by atoms with van der Waals surface area (Å²) in [6.45, 7) is 4.30. The summed E-state index contributed by atoms with van der Waals surface area (Å²) < 4.78 is 11.7.